The average molecular weight is 227 g/mol. The van der Waals surface area contributed by atoms with Crippen LogP contribution in [0, 0.1) is 19.8 Å². The standard InChI is InChI=1S/C12H21NOS/c1-6-8(2)12(5,14)7-11-13-9(3)10(4)15-11/h8,14H,6-7H2,1-5H3. The molecule has 1 heterocycles. The van der Waals surface area contributed by atoms with Gasteiger partial charge in [-0.25, -0.2) is 4.98 Å². The van der Waals surface area contributed by atoms with Crippen LogP contribution in [-0.4, -0.2) is 15.7 Å². The van der Waals surface area contributed by atoms with Crippen LogP contribution in [0.5, 0.6) is 0 Å². The zero-order valence-electron chi connectivity index (χ0n) is 10.3. The maximum absolute atomic E-state index is 10.3. The van der Waals surface area contributed by atoms with E-state index in [2.05, 4.69) is 25.8 Å². The van der Waals surface area contributed by atoms with Gasteiger partial charge in [0, 0.05) is 11.3 Å². The molecule has 0 saturated heterocycles. The van der Waals surface area contributed by atoms with Crippen LogP contribution in [0.4, 0.5) is 0 Å². The van der Waals surface area contributed by atoms with E-state index in [4.69, 9.17) is 0 Å². The van der Waals surface area contributed by atoms with Gasteiger partial charge in [-0.1, -0.05) is 20.3 Å². The SMILES string of the molecule is CCC(C)C(C)(O)Cc1nc(C)c(C)s1. The van der Waals surface area contributed by atoms with Gasteiger partial charge in [0.2, 0.25) is 0 Å². The molecule has 0 aliphatic rings. The molecule has 2 nitrogen and oxygen atoms in total. The van der Waals surface area contributed by atoms with Gasteiger partial charge in [0.25, 0.3) is 0 Å². The highest BCUT2D eigenvalue weighted by molar-refractivity contribution is 7.11. The predicted molar refractivity (Wildman–Crippen MR) is 65.4 cm³/mol. The Morgan fingerprint density at radius 1 is 1.47 bits per heavy atom. The van der Waals surface area contributed by atoms with Gasteiger partial charge in [-0.15, -0.1) is 11.3 Å². The zero-order chi connectivity index (χ0) is 11.6. The summed E-state index contributed by atoms with van der Waals surface area (Å²) in [7, 11) is 0. The van der Waals surface area contributed by atoms with Crippen molar-refractivity contribution in [1.29, 1.82) is 0 Å². The molecule has 2 unspecified atom stereocenters. The Kier molecular flexibility index (Phi) is 3.90. The fourth-order valence-electron chi connectivity index (χ4n) is 1.53. The highest BCUT2D eigenvalue weighted by atomic mass is 32.1. The van der Waals surface area contributed by atoms with Gasteiger partial charge in [0.1, 0.15) is 0 Å². The van der Waals surface area contributed by atoms with Crippen molar-refractivity contribution in [1.82, 2.24) is 4.98 Å². The minimum Gasteiger partial charge on any atom is -0.389 e. The first-order chi connectivity index (χ1) is 6.86. The molecule has 0 aromatic carbocycles. The predicted octanol–water partition coefficient (Wildman–Crippen LogP) is 3.10. The van der Waals surface area contributed by atoms with Gasteiger partial charge in [-0.2, -0.15) is 0 Å². The minimum atomic E-state index is -0.633. The maximum atomic E-state index is 10.3. The Labute approximate surface area is 96.4 Å². The lowest BCUT2D eigenvalue weighted by Gasteiger charge is -2.28. The third kappa shape index (κ3) is 3.02. The molecule has 3 heteroatoms. The first-order valence-corrected chi connectivity index (χ1v) is 6.33. The van der Waals surface area contributed by atoms with Crippen LogP contribution in [0.15, 0.2) is 0 Å². The second kappa shape index (κ2) is 4.62. The molecule has 0 fully saturated rings. The highest BCUT2D eigenvalue weighted by Crippen LogP contribution is 2.27. The number of nitrogens with zero attached hydrogens (tertiary/aromatic N) is 1. The molecule has 0 aliphatic carbocycles. The van der Waals surface area contributed by atoms with Gasteiger partial charge in [0.15, 0.2) is 0 Å². The molecule has 1 aromatic heterocycles. The first-order valence-electron chi connectivity index (χ1n) is 5.52. The van der Waals surface area contributed by atoms with E-state index in [1.54, 1.807) is 11.3 Å². The van der Waals surface area contributed by atoms with Crippen molar-refractivity contribution in [2.45, 2.75) is 53.1 Å². The van der Waals surface area contributed by atoms with Crippen molar-refractivity contribution in [3.63, 3.8) is 0 Å². The number of aliphatic hydroxyl groups is 1. The molecular weight excluding hydrogens is 206 g/mol. The number of hydrogen-bond donors (Lipinski definition) is 1. The fraction of sp³-hybridized carbons (Fsp3) is 0.750. The van der Waals surface area contributed by atoms with Crippen LogP contribution in [0.25, 0.3) is 0 Å². The molecule has 0 aliphatic heterocycles. The van der Waals surface area contributed by atoms with E-state index in [0.29, 0.717) is 12.3 Å². The van der Waals surface area contributed by atoms with E-state index in [1.807, 2.05) is 13.8 Å². The van der Waals surface area contributed by atoms with Crippen LogP contribution < -0.4 is 0 Å². The molecule has 0 radical (unpaired) electrons. The number of aromatic nitrogens is 1. The summed E-state index contributed by atoms with van der Waals surface area (Å²) in [6.07, 6.45) is 1.66. The monoisotopic (exact) mass is 227 g/mol. The highest BCUT2D eigenvalue weighted by Gasteiger charge is 2.28. The van der Waals surface area contributed by atoms with Crippen LogP contribution in [-0.2, 0) is 6.42 Å². The summed E-state index contributed by atoms with van der Waals surface area (Å²) in [6, 6.07) is 0. The average Bonchev–Trinajstić information content (AvgIpc) is 2.43. The molecule has 15 heavy (non-hydrogen) atoms. The summed E-state index contributed by atoms with van der Waals surface area (Å²) in [5, 5.41) is 11.4. The molecule has 0 saturated carbocycles. The van der Waals surface area contributed by atoms with E-state index in [0.717, 1.165) is 17.1 Å². The van der Waals surface area contributed by atoms with Crippen molar-refractivity contribution in [3.05, 3.63) is 15.6 Å². The van der Waals surface area contributed by atoms with E-state index in [1.165, 1.54) is 4.88 Å². The molecule has 86 valence electrons. The minimum absolute atomic E-state index is 0.307. The van der Waals surface area contributed by atoms with Crippen molar-refractivity contribution in [3.8, 4) is 0 Å². The zero-order valence-corrected chi connectivity index (χ0v) is 11.1. The third-order valence-electron chi connectivity index (χ3n) is 3.26. The summed E-state index contributed by atoms with van der Waals surface area (Å²) in [6.45, 7) is 10.2. The van der Waals surface area contributed by atoms with Gasteiger partial charge in [0.05, 0.1) is 16.3 Å². The van der Waals surface area contributed by atoms with Gasteiger partial charge >= 0.3 is 0 Å². The summed E-state index contributed by atoms with van der Waals surface area (Å²) in [5.74, 6) is 0.307. The van der Waals surface area contributed by atoms with Crippen LogP contribution in [0.1, 0.15) is 42.8 Å². The number of thiazole rings is 1. The maximum Gasteiger partial charge on any atom is 0.0959 e. The number of aryl methyl sites for hydroxylation is 2. The second-order valence-corrected chi connectivity index (χ2v) is 5.88. The lowest BCUT2D eigenvalue weighted by atomic mass is 9.86. The Morgan fingerprint density at radius 2 is 2.07 bits per heavy atom. The molecule has 1 rings (SSSR count). The molecule has 1 aromatic rings. The summed E-state index contributed by atoms with van der Waals surface area (Å²) < 4.78 is 0. The molecular formula is C12H21NOS. The Morgan fingerprint density at radius 3 is 2.47 bits per heavy atom. The number of hydrogen-bond acceptors (Lipinski definition) is 3. The smallest absolute Gasteiger partial charge is 0.0959 e. The summed E-state index contributed by atoms with van der Waals surface area (Å²) in [4.78, 5) is 5.73. The fourth-order valence-corrected chi connectivity index (χ4v) is 2.63. The molecule has 1 N–H and O–H groups in total. The second-order valence-electron chi connectivity index (χ2n) is 4.59. The van der Waals surface area contributed by atoms with E-state index in [9.17, 15) is 5.11 Å². The van der Waals surface area contributed by atoms with E-state index in [-0.39, 0.29) is 0 Å². The third-order valence-corrected chi connectivity index (χ3v) is 4.33. The van der Waals surface area contributed by atoms with Gasteiger partial charge < -0.3 is 5.11 Å². The quantitative estimate of drug-likeness (QED) is 0.857. The first kappa shape index (κ1) is 12.7. The topological polar surface area (TPSA) is 33.1 Å². The van der Waals surface area contributed by atoms with Gasteiger partial charge in [-0.3, -0.25) is 0 Å². The Bertz CT molecular complexity index is 311. The van der Waals surface area contributed by atoms with Crippen LogP contribution in [0.2, 0.25) is 0 Å². The normalized spacial score (nSPS) is 17.5. The van der Waals surface area contributed by atoms with Crippen LogP contribution in [0.3, 0.4) is 0 Å². The lowest BCUT2D eigenvalue weighted by molar-refractivity contribution is 0.00512. The largest absolute Gasteiger partial charge is 0.389 e. The summed E-state index contributed by atoms with van der Waals surface area (Å²) >= 11 is 1.70. The van der Waals surface area contributed by atoms with Crippen molar-refractivity contribution in [2.24, 2.45) is 5.92 Å². The molecule has 0 bridgehead atoms. The van der Waals surface area contributed by atoms with Crippen molar-refractivity contribution in [2.75, 3.05) is 0 Å². The molecule has 0 amide bonds. The Balaban J connectivity index is 2.76. The lowest BCUT2D eigenvalue weighted by Crippen LogP contribution is -2.34. The van der Waals surface area contributed by atoms with E-state index < -0.39 is 5.60 Å². The molecule has 2 atom stereocenters. The molecule has 0 spiro atoms. The summed E-state index contributed by atoms with van der Waals surface area (Å²) in [5.41, 5.74) is 0.459. The van der Waals surface area contributed by atoms with E-state index >= 15 is 0 Å². The van der Waals surface area contributed by atoms with Gasteiger partial charge in [-0.05, 0) is 26.7 Å². The van der Waals surface area contributed by atoms with Crippen LogP contribution >= 0.6 is 11.3 Å². The Hall–Kier alpha value is -0.410. The number of rotatable bonds is 4. The van der Waals surface area contributed by atoms with Crippen molar-refractivity contribution < 1.29 is 5.11 Å². The van der Waals surface area contributed by atoms with Crippen molar-refractivity contribution >= 4 is 11.3 Å².